The Hall–Kier alpha value is -5.01. The molecule has 8 unspecified atom stereocenters. The molecule has 1 nitrogen and oxygen atoms in total. The highest BCUT2D eigenvalue weighted by Crippen LogP contribution is 2.80. The minimum atomic E-state index is -1.26. The van der Waals surface area contributed by atoms with Crippen molar-refractivity contribution in [2.45, 2.75) is 262 Å². The topological polar surface area (TPSA) is 17.1 Å². The third-order valence-corrected chi connectivity index (χ3v) is 25.5. The third-order valence-electron chi connectivity index (χ3n) is 25.5. The number of carbonyl (C=O) groups is 1. The van der Waals surface area contributed by atoms with Crippen molar-refractivity contribution in [3.05, 3.63) is 212 Å². The predicted octanol–water partition coefficient (Wildman–Crippen LogP) is 22.4. The normalized spacial score (nSPS) is 18.3. The van der Waals surface area contributed by atoms with Crippen molar-refractivity contribution < 1.29 is 4.79 Å². The number of benzene rings is 6. The minimum absolute atomic E-state index is 0.424. The second-order valence-electron chi connectivity index (χ2n) is 27.0. The second-order valence-corrected chi connectivity index (χ2v) is 27.0. The van der Waals surface area contributed by atoms with Crippen LogP contribution in [0.2, 0.25) is 0 Å². The largest absolute Gasteiger partial charge is 0.298 e. The number of rotatable bonds is 28. The maximum Gasteiger partial charge on any atom is 0.150 e. The molecule has 0 bridgehead atoms. The lowest BCUT2D eigenvalue weighted by Crippen LogP contribution is -2.82. The molecule has 0 saturated carbocycles. The van der Waals surface area contributed by atoms with Gasteiger partial charge in [0.05, 0.1) is 10.8 Å². The second kappa shape index (κ2) is 25.3. The zero-order valence-corrected chi connectivity index (χ0v) is 56.2. The maximum atomic E-state index is 21.6. The summed E-state index contributed by atoms with van der Waals surface area (Å²) in [6, 6.07) is 56.6. The van der Waals surface area contributed by atoms with E-state index in [4.69, 9.17) is 0 Å². The number of aryl methyl sites for hydroxylation is 2. The maximum absolute atomic E-state index is 21.6. The SMILES string of the molecule is CCc1ccc(C(C)(CC)C(C(=O)C(C(C)(CC)c2ccccc2)(C(C)(CC)c2ccc(CC)c(C)c2CC)C(C)(c2ccccc2)C(C)(CC)CC)(C(C)(CC)c2ccccc2)C(C)(c2ccccc2)C(C)(CC)CC)c(CC)c1C. The van der Waals surface area contributed by atoms with Crippen LogP contribution in [0, 0.1) is 35.5 Å². The van der Waals surface area contributed by atoms with Crippen molar-refractivity contribution >= 4 is 5.78 Å². The van der Waals surface area contributed by atoms with Crippen LogP contribution >= 0.6 is 0 Å². The van der Waals surface area contributed by atoms with Gasteiger partial charge in [0.15, 0.2) is 5.78 Å². The highest BCUT2D eigenvalue weighted by atomic mass is 16.1. The van der Waals surface area contributed by atoms with E-state index in [2.05, 4.69) is 298 Å². The Bertz CT molecular complexity index is 2840. The van der Waals surface area contributed by atoms with Gasteiger partial charge in [-0.05, 0) is 168 Å². The number of hydrogen-bond donors (Lipinski definition) is 0. The summed E-state index contributed by atoms with van der Waals surface area (Å²) in [6.07, 6.45) is 10.1. The van der Waals surface area contributed by atoms with Gasteiger partial charge in [-0.25, -0.2) is 0 Å². The van der Waals surface area contributed by atoms with Crippen molar-refractivity contribution in [2.24, 2.45) is 21.7 Å². The predicted molar refractivity (Wildman–Crippen MR) is 358 cm³/mol. The molecule has 0 radical (unpaired) electrons. The van der Waals surface area contributed by atoms with Crippen molar-refractivity contribution in [2.75, 3.05) is 0 Å². The van der Waals surface area contributed by atoms with Crippen LogP contribution in [-0.2, 0) is 63.0 Å². The quantitative estimate of drug-likeness (QED) is 0.0479. The summed E-state index contributed by atoms with van der Waals surface area (Å²) >= 11 is 0. The van der Waals surface area contributed by atoms with Gasteiger partial charge in [0, 0.05) is 32.5 Å². The van der Waals surface area contributed by atoms with E-state index in [1.54, 1.807) is 0 Å². The van der Waals surface area contributed by atoms with Crippen molar-refractivity contribution in [1.29, 1.82) is 0 Å². The van der Waals surface area contributed by atoms with Gasteiger partial charge in [0.25, 0.3) is 0 Å². The summed E-state index contributed by atoms with van der Waals surface area (Å²) in [4.78, 5) is 21.6. The molecule has 0 heterocycles. The average molecular weight is 1100 g/mol. The lowest BCUT2D eigenvalue weighted by Gasteiger charge is -2.77. The van der Waals surface area contributed by atoms with Gasteiger partial charge < -0.3 is 0 Å². The van der Waals surface area contributed by atoms with Crippen LogP contribution in [0.5, 0.6) is 0 Å². The van der Waals surface area contributed by atoms with E-state index >= 15 is 4.79 Å². The Kier molecular flexibility index (Phi) is 20.4. The first-order chi connectivity index (χ1) is 38.9. The van der Waals surface area contributed by atoms with E-state index in [1.165, 1.54) is 66.8 Å². The molecule has 6 aromatic carbocycles. The molecule has 0 aliphatic heterocycles. The third kappa shape index (κ3) is 9.05. The van der Waals surface area contributed by atoms with Crippen LogP contribution in [0.15, 0.2) is 146 Å². The van der Waals surface area contributed by atoms with Gasteiger partial charge in [0.1, 0.15) is 0 Å². The first-order valence-corrected chi connectivity index (χ1v) is 32.9. The Morgan fingerprint density at radius 1 is 0.305 bits per heavy atom. The number of carbonyl (C=O) groups excluding carboxylic acids is 1. The van der Waals surface area contributed by atoms with Crippen LogP contribution in [0.3, 0.4) is 0 Å². The molecule has 0 fully saturated rings. The van der Waals surface area contributed by atoms with Crippen molar-refractivity contribution in [3.63, 3.8) is 0 Å². The molecule has 0 spiro atoms. The van der Waals surface area contributed by atoms with Gasteiger partial charge in [0.2, 0.25) is 0 Å². The Morgan fingerprint density at radius 3 is 0.780 bits per heavy atom. The lowest BCUT2D eigenvalue weighted by molar-refractivity contribution is -0.201. The molecule has 0 aliphatic rings. The molecule has 0 amide bonds. The van der Waals surface area contributed by atoms with Crippen molar-refractivity contribution in [1.82, 2.24) is 0 Å². The van der Waals surface area contributed by atoms with Crippen LogP contribution < -0.4 is 0 Å². The van der Waals surface area contributed by atoms with E-state index in [1.807, 2.05) is 0 Å². The first-order valence-electron chi connectivity index (χ1n) is 32.9. The molecule has 0 saturated heterocycles. The molecule has 8 atom stereocenters. The Balaban J connectivity index is 2.33. The average Bonchev–Trinajstić information content (AvgIpc) is 0.651. The zero-order valence-electron chi connectivity index (χ0n) is 56.2. The molecule has 0 N–H and O–H groups in total. The van der Waals surface area contributed by atoms with Gasteiger partial charge >= 0.3 is 0 Å². The van der Waals surface area contributed by atoms with Crippen molar-refractivity contribution in [3.8, 4) is 0 Å². The molecule has 444 valence electrons. The van der Waals surface area contributed by atoms with E-state index in [9.17, 15) is 0 Å². The molecule has 0 aliphatic carbocycles. The summed E-state index contributed by atoms with van der Waals surface area (Å²) < 4.78 is 0. The van der Waals surface area contributed by atoms with Gasteiger partial charge in [-0.1, -0.05) is 284 Å². The minimum Gasteiger partial charge on any atom is -0.298 e. The summed E-state index contributed by atoms with van der Waals surface area (Å²) in [7, 11) is 0. The number of hydrogen-bond acceptors (Lipinski definition) is 1. The summed E-state index contributed by atoms with van der Waals surface area (Å²) in [5, 5.41) is 0. The molecular formula is C81H114O. The van der Waals surface area contributed by atoms with Crippen LogP contribution in [0.25, 0.3) is 0 Å². The highest BCUT2D eigenvalue weighted by Gasteiger charge is 2.84. The lowest BCUT2D eigenvalue weighted by atomic mass is 9.24. The fraction of sp³-hybridized carbons (Fsp3) is 0.543. The molecule has 6 aromatic rings. The zero-order chi connectivity index (χ0) is 61.0. The first kappa shape index (κ1) is 66.1. The van der Waals surface area contributed by atoms with E-state index in [0.29, 0.717) is 5.78 Å². The van der Waals surface area contributed by atoms with Crippen LogP contribution in [0.4, 0.5) is 0 Å². The number of Topliss-reactive ketones (excluding diaryl/α,β-unsaturated/α-hetero) is 1. The van der Waals surface area contributed by atoms with E-state index < -0.39 is 54.1 Å². The van der Waals surface area contributed by atoms with Crippen LogP contribution in [-0.4, -0.2) is 5.78 Å². The molecule has 6 rings (SSSR count). The van der Waals surface area contributed by atoms with E-state index in [-0.39, 0.29) is 0 Å². The van der Waals surface area contributed by atoms with Gasteiger partial charge in [-0.3, -0.25) is 4.79 Å². The highest BCUT2D eigenvalue weighted by molar-refractivity contribution is 6.00. The number of ketones is 1. The summed E-state index contributed by atoms with van der Waals surface area (Å²) in [5.41, 5.74) is 7.62. The summed E-state index contributed by atoms with van der Waals surface area (Å²) in [5.74, 6) is 0.424. The van der Waals surface area contributed by atoms with Crippen LogP contribution in [0.1, 0.15) is 257 Å². The molecule has 1 heteroatoms. The fourth-order valence-electron chi connectivity index (χ4n) is 19.3. The Labute approximate surface area is 503 Å². The smallest absolute Gasteiger partial charge is 0.150 e. The van der Waals surface area contributed by atoms with E-state index in [0.717, 1.165) is 77.0 Å². The molecular weight excluding hydrogens is 989 g/mol. The summed E-state index contributed by atoms with van der Waals surface area (Å²) in [6.45, 7) is 54.9. The fourth-order valence-corrected chi connectivity index (χ4v) is 19.3. The Morgan fingerprint density at radius 2 is 0.561 bits per heavy atom. The standard InChI is InChI=1S/C81H114O/c1-23-61-55-57-69(67(25-3)59(61)13)76(19,33-11)80(74(17,31-9)63-47-39-35-40-48-63,78(21,72(15,27-5)28-6)65-51-43-37-44-52-65)71(82)81(75(18,32-10)64-49-41-36-42-50-64,79(22,73(16,29-7)30-8)66-53-45-38-46-54-66)77(20,34-12)70-58-56-62(24-2)60(14)68(70)26-4/h35-58H,23-34H2,1-22H3. The monoisotopic (exact) mass is 1100 g/mol. The molecule has 0 aromatic heterocycles. The molecule has 82 heavy (non-hydrogen) atoms. The van der Waals surface area contributed by atoms with Gasteiger partial charge in [-0.15, -0.1) is 0 Å². The van der Waals surface area contributed by atoms with Gasteiger partial charge in [-0.2, -0.15) is 0 Å².